The lowest BCUT2D eigenvalue weighted by Crippen LogP contribution is -2.39. The van der Waals surface area contributed by atoms with Gasteiger partial charge in [0.1, 0.15) is 5.75 Å². The first-order valence-corrected chi connectivity index (χ1v) is 8.08. The molecule has 1 N–H and O–H groups in total. The fourth-order valence-electron chi connectivity index (χ4n) is 2.86. The van der Waals surface area contributed by atoms with Crippen LogP contribution < -0.4 is 10.1 Å². The fraction of sp³-hybridized carbons (Fsp3) is 0.611. The number of nitrogens with one attached hydrogen (secondary N) is 1. The molecule has 1 amide bonds. The van der Waals surface area contributed by atoms with Crippen LogP contribution in [0.3, 0.4) is 0 Å². The molecule has 1 saturated carbocycles. The molecule has 1 atom stereocenters. The van der Waals surface area contributed by atoms with E-state index < -0.39 is 6.10 Å². The number of hydrogen-bond donors (Lipinski definition) is 1. The van der Waals surface area contributed by atoms with Crippen LogP contribution in [0, 0.1) is 19.8 Å². The van der Waals surface area contributed by atoms with Crippen LogP contribution in [-0.2, 0) is 4.79 Å². The minimum atomic E-state index is -0.450. The standard InChI is InChI=1S/C18H27NO2/c1-13-9-10-14(2)17(11-13)21-15(3)18(20)19-12-16-7-5-4-6-8-16/h9-11,15-16H,4-8,12H2,1-3H3,(H,19,20)/t15-/m0/s1. The Bertz CT molecular complexity index is 478. The summed E-state index contributed by atoms with van der Waals surface area (Å²) in [5.74, 6) is 1.44. The average Bonchev–Trinajstić information content (AvgIpc) is 2.49. The van der Waals surface area contributed by atoms with Crippen molar-refractivity contribution in [3.63, 3.8) is 0 Å². The van der Waals surface area contributed by atoms with Gasteiger partial charge in [-0.2, -0.15) is 0 Å². The van der Waals surface area contributed by atoms with Crippen LogP contribution in [0.15, 0.2) is 18.2 Å². The van der Waals surface area contributed by atoms with E-state index in [1.54, 1.807) is 0 Å². The minimum absolute atomic E-state index is 0.0125. The Morgan fingerprint density at radius 1 is 1.29 bits per heavy atom. The third kappa shape index (κ3) is 4.76. The van der Waals surface area contributed by atoms with Crippen molar-refractivity contribution in [2.45, 2.75) is 59.0 Å². The molecule has 3 nitrogen and oxygen atoms in total. The predicted octanol–water partition coefficient (Wildman–Crippen LogP) is 3.77. The summed E-state index contributed by atoms with van der Waals surface area (Å²) < 4.78 is 5.82. The molecule has 1 fully saturated rings. The fourth-order valence-corrected chi connectivity index (χ4v) is 2.86. The highest BCUT2D eigenvalue weighted by Crippen LogP contribution is 2.23. The molecule has 0 spiro atoms. The Hall–Kier alpha value is -1.51. The largest absolute Gasteiger partial charge is 0.481 e. The summed E-state index contributed by atoms with van der Waals surface area (Å²) in [6.07, 6.45) is 5.98. The van der Waals surface area contributed by atoms with E-state index in [9.17, 15) is 4.79 Å². The van der Waals surface area contributed by atoms with Crippen molar-refractivity contribution in [2.75, 3.05) is 6.54 Å². The van der Waals surface area contributed by atoms with Gasteiger partial charge in [-0.15, -0.1) is 0 Å². The molecular weight excluding hydrogens is 262 g/mol. The van der Waals surface area contributed by atoms with Crippen molar-refractivity contribution in [1.29, 1.82) is 0 Å². The minimum Gasteiger partial charge on any atom is -0.481 e. The van der Waals surface area contributed by atoms with Crippen LogP contribution in [0.1, 0.15) is 50.2 Å². The molecule has 2 rings (SSSR count). The number of carbonyl (C=O) groups is 1. The number of benzene rings is 1. The van der Waals surface area contributed by atoms with Crippen LogP contribution in [-0.4, -0.2) is 18.6 Å². The quantitative estimate of drug-likeness (QED) is 0.896. The normalized spacial score (nSPS) is 17.3. The number of rotatable bonds is 5. The molecule has 0 aliphatic heterocycles. The summed E-state index contributed by atoms with van der Waals surface area (Å²) in [6, 6.07) is 6.06. The Morgan fingerprint density at radius 2 is 2.00 bits per heavy atom. The lowest BCUT2D eigenvalue weighted by atomic mass is 9.89. The van der Waals surface area contributed by atoms with Crippen LogP contribution in [0.25, 0.3) is 0 Å². The molecule has 0 heterocycles. The van der Waals surface area contributed by atoms with Crippen LogP contribution >= 0.6 is 0 Å². The predicted molar refractivity (Wildman–Crippen MR) is 85.6 cm³/mol. The molecule has 0 radical (unpaired) electrons. The van der Waals surface area contributed by atoms with Crippen molar-refractivity contribution < 1.29 is 9.53 Å². The Kier molecular flexibility index (Phi) is 5.66. The second-order valence-corrected chi connectivity index (χ2v) is 6.28. The van der Waals surface area contributed by atoms with Crippen molar-refractivity contribution in [2.24, 2.45) is 5.92 Å². The first-order chi connectivity index (χ1) is 10.1. The highest BCUT2D eigenvalue weighted by molar-refractivity contribution is 5.80. The van der Waals surface area contributed by atoms with Gasteiger partial charge in [0, 0.05) is 6.54 Å². The molecule has 0 bridgehead atoms. The van der Waals surface area contributed by atoms with Gasteiger partial charge in [-0.3, -0.25) is 4.79 Å². The van der Waals surface area contributed by atoms with E-state index >= 15 is 0 Å². The van der Waals surface area contributed by atoms with Gasteiger partial charge in [-0.1, -0.05) is 31.4 Å². The van der Waals surface area contributed by atoms with Crippen molar-refractivity contribution in [3.8, 4) is 5.75 Å². The molecule has 1 aliphatic rings. The second kappa shape index (κ2) is 7.48. The molecule has 1 aromatic rings. The lowest BCUT2D eigenvalue weighted by Gasteiger charge is -2.23. The van der Waals surface area contributed by atoms with E-state index in [1.807, 2.05) is 32.9 Å². The first-order valence-electron chi connectivity index (χ1n) is 8.08. The van der Waals surface area contributed by atoms with E-state index in [2.05, 4.69) is 11.4 Å². The topological polar surface area (TPSA) is 38.3 Å². The molecule has 21 heavy (non-hydrogen) atoms. The third-order valence-electron chi connectivity index (χ3n) is 4.31. The maximum Gasteiger partial charge on any atom is 0.260 e. The van der Waals surface area contributed by atoms with Gasteiger partial charge in [0.2, 0.25) is 0 Å². The molecular formula is C18H27NO2. The van der Waals surface area contributed by atoms with Crippen LogP contribution in [0.4, 0.5) is 0 Å². The second-order valence-electron chi connectivity index (χ2n) is 6.28. The zero-order chi connectivity index (χ0) is 15.2. The summed E-state index contributed by atoms with van der Waals surface area (Å²) in [4.78, 5) is 12.2. The summed E-state index contributed by atoms with van der Waals surface area (Å²) in [5, 5.41) is 3.04. The summed E-state index contributed by atoms with van der Waals surface area (Å²) >= 11 is 0. The molecule has 0 aromatic heterocycles. The molecule has 1 aliphatic carbocycles. The summed E-state index contributed by atoms with van der Waals surface area (Å²) in [6.45, 7) is 6.64. The van der Waals surface area contributed by atoms with Crippen molar-refractivity contribution in [3.05, 3.63) is 29.3 Å². The average molecular weight is 289 g/mol. The Labute approximate surface area is 128 Å². The first kappa shape index (κ1) is 15.9. The molecule has 0 saturated heterocycles. The summed E-state index contributed by atoms with van der Waals surface area (Å²) in [5.41, 5.74) is 2.21. The number of hydrogen-bond acceptors (Lipinski definition) is 2. The van der Waals surface area contributed by atoms with E-state index in [4.69, 9.17) is 4.74 Å². The van der Waals surface area contributed by atoms with Gasteiger partial charge in [0.15, 0.2) is 6.10 Å². The monoisotopic (exact) mass is 289 g/mol. The zero-order valence-corrected chi connectivity index (χ0v) is 13.4. The number of carbonyl (C=O) groups excluding carboxylic acids is 1. The van der Waals surface area contributed by atoms with Gasteiger partial charge in [0.25, 0.3) is 5.91 Å². The number of aryl methyl sites for hydroxylation is 2. The lowest BCUT2D eigenvalue weighted by molar-refractivity contribution is -0.127. The van der Waals surface area contributed by atoms with Gasteiger partial charge < -0.3 is 10.1 Å². The zero-order valence-electron chi connectivity index (χ0n) is 13.4. The van der Waals surface area contributed by atoms with E-state index in [-0.39, 0.29) is 5.91 Å². The maximum atomic E-state index is 12.2. The van der Waals surface area contributed by atoms with Gasteiger partial charge in [0.05, 0.1) is 0 Å². The molecule has 0 unspecified atom stereocenters. The smallest absolute Gasteiger partial charge is 0.260 e. The Balaban J connectivity index is 1.82. The maximum absolute atomic E-state index is 12.2. The van der Waals surface area contributed by atoms with Crippen molar-refractivity contribution in [1.82, 2.24) is 5.32 Å². The third-order valence-corrected chi connectivity index (χ3v) is 4.31. The van der Waals surface area contributed by atoms with Gasteiger partial charge in [-0.25, -0.2) is 0 Å². The number of amides is 1. The van der Waals surface area contributed by atoms with Crippen molar-refractivity contribution >= 4 is 5.91 Å². The molecule has 116 valence electrons. The molecule has 1 aromatic carbocycles. The van der Waals surface area contributed by atoms with Gasteiger partial charge >= 0.3 is 0 Å². The van der Waals surface area contributed by atoms with Gasteiger partial charge in [-0.05, 0) is 56.7 Å². The Morgan fingerprint density at radius 3 is 2.71 bits per heavy atom. The highest BCUT2D eigenvalue weighted by atomic mass is 16.5. The molecule has 3 heteroatoms. The van der Waals surface area contributed by atoms with E-state index in [1.165, 1.54) is 32.1 Å². The van der Waals surface area contributed by atoms with E-state index in [0.717, 1.165) is 23.4 Å². The highest BCUT2D eigenvalue weighted by Gasteiger charge is 2.18. The number of ether oxygens (including phenoxy) is 1. The SMILES string of the molecule is Cc1ccc(C)c(O[C@@H](C)C(=O)NCC2CCCCC2)c1. The van der Waals surface area contributed by atoms with E-state index in [0.29, 0.717) is 5.92 Å². The van der Waals surface area contributed by atoms with Crippen LogP contribution in [0.2, 0.25) is 0 Å². The van der Waals surface area contributed by atoms with Crippen LogP contribution in [0.5, 0.6) is 5.75 Å². The summed E-state index contributed by atoms with van der Waals surface area (Å²) in [7, 11) is 0.